The van der Waals surface area contributed by atoms with Gasteiger partial charge in [0.25, 0.3) is 0 Å². The van der Waals surface area contributed by atoms with E-state index in [0.717, 1.165) is 31.0 Å². The fourth-order valence-electron chi connectivity index (χ4n) is 2.31. The third-order valence-corrected chi connectivity index (χ3v) is 3.36. The summed E-state index contributed by atoms with van der Waals surface area (Å²) in [7, 11) is 0. The van der Waals surface area contributed by atoms with Gasteiger partial charge in [-0.05, 0) is 13.3 Å². The van der Waals surface area contributed by atoms with Gasteiger partial charge in [0.05, 0.1) is 35.9 Å². The average molecular weight is 254 g/mol. The Kier molecular flexibility index (Phi) is 2.88. The Morgan fingerprint density at radius 3 is 2.89 bits per heavy atom. The first kappa shape index (κ1) is 11.7. The summed E-state index contributed by atoms with van der Waals surface area (Å²) in [6.07, 6.45) is 8.00. The molecule has 1 saturated heterocycles. The monoisotopic (exact) mass is 254 g/mol. The van der Waals surface area contributed by atoms with Crippen LogP contribution in [0.15, 0.2) is 24.8 Å². The third kappa shape index (κ3) is 2.27. The molecule has 1 unspecified atom stereocenters. The Balaban J connectivity index is 1.73. The second kappa shape index (κ2) is 4.69. The molecule has 2 aromatic heterocycles. The number of hydrogen-bond acceptors (Lipinski definition) is 5. The zero-order valence-corrected chi connectivity index (χ0v) is 10.7. The normalized spacial score (nSPS) is 18.5. The molecule has 0 amide bonds. The molecule has 0 bridgehead atoms. The maximum Gasteiger partial charge on any atom is 0.147 e. The van der Waals surface area contributed by atoms with Crippen molar-refractivity contribution in [1.29, 1.82) is 5.26 Å². The van der Waals surface area contributed by atoms with Gasteiger partial charge >= 0.3 is 0 Å². The summed E-state index contributed by atoms with van der Waals surface area (Å²) in [6, 6.07) is 2.40. The largest absolute Gasteiger partial charge is 0.353 e. The van der Waals surface area contributed by atoms with Crippen LogP contribution in [0, 0.1) is 18.3 Å². The van der Waals surface area contributed by atoms with Crippen molar-refractivity contribution in [3.8, 4) is 6.07 Å². The second-order valence-electron chi connectivity index (χ2n) is 4.73. The number of hydrogen-bond donors (Lipinski definition) is 0. The molecule has 0 saturated carbocycles. The predicted octanol–water partition coefficient (Wildman–Crippen LogP) is 1.30. The molecule has 6 heteroatoms. The molecule has 1 fully saturated rings. The van der Waals surface area contributed by atoms with E-state index in [1.54, 1.807) is 18.6 Å². The van der Waals surface area contributed by atoms with E-state index in [2.05, 4.69) is 26.0 Å². The van der Waals surface area contributed by atoms with Gasteiger partial charge in [-0.3, -0.25) is 9.67 Å². The van der Waals surface area contributed by atoms with Crippen molar-refractivity contribution in [2.75, 3.05) is 18.0 Å². The molecule has 19 heavy (non-hydrogen) atoms. The van der Waals surface area contributed by atoms with Crippen molar-refractivity contribution in [1.82, 2.24) is 19.7 Å². The molecule has 1 aliphatic rings. The zero-order chi connectivity index (χ0) is 13.2. The minimum absolute atomic E-state index is 0.296. The summed E-state index contributed by atoms with van der Waals surface area (Å²) >= 11 is 0. The lowest BCUT2D eigenvalue weighted by atomic mass is 10.3. The van der Waals surface area contributed by atoms with Gasteiger partial charge in [0.1, 0.15) is 11.9 Å². The van der Waals surface area contributed by atoms with Crippen molar-refractivity contribution in [2.24, 2.45) is 0 Å². The van der Waals surface area contributed by atoms with E-state index >= 15 is 0 Å². The molecule has 0 aromatic carbocycles. The number of nitrogens with zero attached hydrogens (tertiary/aromatic N) is 6. The van der Waals surface area contributed by atoms with Crippen molar-refractivity contribution < 1.29 is 0 Å². The molecule has 2 aromatic rings. The molecule has 6 nitrogen and oxygen atoms in total. The Bertz CT molecular complexity index is 609. The summed E-state index contributed by atoms with van der Waals surface area (Å²) in [5, 5.41) is 13.1. The number of aryl methyl sites for hydroxylation is 1. The Hall–Kier alpha value is -2.42. The van der Waals surface area contributed by atoms with Crippen LogP contribution in [-0.4, -0.2) is 32.8 Å². The highest BCUT2D eigenvalue weighted by atomic mass is 15.3. The topological polar surface area (TPSA) is 70.6 Å². The van der Waals surface area contributed by atoms with Crippen LogP contribution >= 0.6 is 0 Å². The lowest BCUT2D eigenvalue weighted by molar-refractivity contribution is 0.494. The highest BCUT2D eigenvalue weighted by Crippen LogP contribution is 2.24. The van der Waals surface area contributed by atoms with Crippen LogP contribution in [0.2, 0.25) is 0 Å². The lowest BCUT2D eigenvalue weighted by Gasteiger charge is -2.17. The maximum atomic E-state index is 8.82. The highest BCUT2D eigenvalue weighted by Gasteiger charge is 2.25. The summed E-state index contributed by atoms with van der Waals surface area (Å²) in [4.78, 5) is 10.9. The number of aromatic nitrogens is 4. The van der Waals surface area contributed by atoms with Gasteiger partial charge in [0.15, 0.2) is 0 Å². The molecule has 3 heterocycles. The van der Waals surface area contributed by atoms with Gasteiger partial charge in [-0.2, -0.15) is 10.4 Å². The van der Waals surface area contributed by atoms with Gasteiger partial charge in [0, 0.05) is 19.3 Å². The quantitative estimate of drug-likeness (QED) is 0.808. The fourth-order valence-corrected chi connectivity index (χ4v) is 2.31. The van der Waals surface area contributed by atoms with Gasteiger partial charge in [-0.15, -0.1) is 0 Å². The van der Waals surface area contributed by atoms with E-state index in [1.165, 1.54) is 0 Å². The molecular weight excluding hydrogens is 240 g/mol. The Morgan fingerprint density at radius 1 is 1.32 bits per heavy atom. The molecule has 0 N–H and O–H groups in total. The molecule has 0 spiro atoms. The van der Waals surface area contributed by atoms with Gasteiger partial charge in [0.2, 0.25) is 0 Å². The number of anilines is 1. The van der Waals surface area contributed by atoms with Crippen LogP contribution in [-0.2, 0) is 0 Å². The first-order chi connectivity index (χ1) is 9.26. The van der Waals surface area contributed by atoms with Gasteiger partial charge in [-0.25, -0.2) is 4.98 Å². The third-order valence-electron chi connectivity index (χ3n) is 3.36. The van der Waals surface area contributed by atoms with Crippen LogP contribution in [0.3, 0.4) is 0 Å². The SMILES string of the molecule is Cc1cnc(N2CCC(n3cc(C#N)cn3)C2)cn1. The van der Waals surface area contributed by atoms with Crippen LogP contribution in [0.4, 0.5) is 5.82 Å². The minimum Gasteiger partial charge on any atom is -0.353 e. The molecule has 3 rings (SSSR count). The first-order valence-corrected chi connectivity index (χ1v) is 6.24. The molecule has 1 atom stereocenters. The van der Waals surface area contributed by atoms with Crippen LogP contribution in [0.5, 0.6) is 0 Å². The maximum absolute atomic E-state index is 8.82. The average Bonchev–Trinajstić information content (AvgIpc) is 3.08. The molecule has 96 valence electrons. The van der Waals surface area contributed by atoms with E-state index in [1.807, 2.05) is 17.8 Å². The number of rotatable bonds is 2. The van der Waals surface area contributed by atoms with E-state index in [0.29, 0.717) is 11.6 Å². The summed E-state index contributed by atoms with van der Waals surface area (Å²) in [6.45, 7) is 3.71. The molecule has 0 radical (unpaired) electrons. The Labute approximate surface area is 111 Å². The van der Waals surface area contributed by atoms with Crippen molar-refractivity contribution in [3.63, 3.8) is 0 Å². The second-order valence-corrected chi connectivity index (χ2v) is 4.73. The fraction of sp³-hybridized carbons (Fsp3) is 0.385. The molecule has 1 aliphatic heterocycles. The Morgan fingerprint density at radius 2 is 2.21 bits per heavy atom. The minimum atomic E-state index is 0.296. The zero-order valence-electron chi connectivity index (χ0n) is 10.7. The summed E-state index contributed by atoms with van der Waals surface area (Å²) in [5.74, 6) is 0.903. The van der Waals surface area contributed by atoms with Crippen molar-refractivity contribution in [3.05, 3.63) is 36.0 Å². The standard InChI is InChI=1S/C13H14N6/c1-10-5-16-13(7-15-10)18-3-2-12(9-18)19-8-11(4-14)6-17-19/h5-8,12H,2-3,9H2,1H3. The van der Waals surface area contributed by atoms with Crippen LogP contribution in [0.25, 0.3) is 0 Å². The smallest absolute Gasteiger partial charge is 0.147 e. The lowest BCUT2D eigenvalue weighted by Crippen LogP contribution is -2.22. The van der Waals surface area contributed by atoms with Crippen molar-refractivity contribution in [2.45, 2.75) is 19.4 Å². The number of nitriles is 1. The van der Waals surface area contributed by atoms with E-state index in [4.69, 9.17) is 5.26 Å². The van der Waals surface area contributed by atoms with E-state index in [9.17, 15) is 0 Å². The molecule has 0 aliphatic carbocycles. The summed E-state index contributed by atoms with van der Waals surface area (Å²) < 4.78 is 1.88. The molecular formula is C13H14N6. The van der Waals surface area contributed by atoms with E-state index < -0.39 is 0 Å². The highest BCUT2D eigenvalue weighted by molar-refractivity contribution is 5.37. The predicted molar refractivity (Wildman–Crippen MR) is 69.6 cm³/mol. The van der Waals surface area contributed by atoms with Crippen LogP contribution < -0.4 is 4.90 Å². The van der Waals surface area contributed by atoms with Crippen LogP contribution in [0.1, 0.15) is 23.7 Å². The first-order valence-electron chi connectivity index (χ1n) is 6.24. The van der Waals surface area contributed by atoms with Crippen molar-refractivity contribution >= 4 is 5.82 Å². The van der Waals surface area contributed by atoms with Gasteiger partial charge < -0.3 is 4.90 Å². The van der Waals surface area contributed by atoms with Gasteiger partial charge in [-0.1, -0.05) is 0 Å². The van der Waals surface area contributed by atoms with E-state index in [-0.39, 0.29) is 0 Å². The summed E-state index contributed by atoms with van der Waals surface area (Å²) in [5.41, 5.74) is 1.53.